The predicted octanol–water partition coefficient (Wildman–Crippen LogP) is 2.30. The van der Waals surface area contributed by atoms with Crippen LogP contribution in [0.5, 0.6) is 5.75 Å². The van der Waals surface area contributed by atoms with Crippen molar-refractivity contribution in [2.75, 3.05) is 13.7 Å². The number of carbonyl (C=O) groups is 1. The lowest BCUT2D eigenvalue weighted by Crippen LogP contribution is -2.47. The Bertz CT molecular complexity index is 1260. The van der Waals surface area contributed by atoms with Crippen molar-refractivity contribution in [3.63, 3.8) is 0 Å². The Morgan fingerprint density at radius 1 is 1.36 bits per heavy atom. The van der Waals surface area contributed by atoms with Gasteiger partial charge in [0.05, 0.1) is 25.4 Å². The number of halogens is 1. The van der Waals surface area contributed by atoms with Crippen LogP contribution < -0.4 is 20.9 Å². The average molecular weight is 588 g/mol. The molecule has 2 unspecified atom stereocenters. The number of rotatable bonds is 10. The molecule has 12 nitrogen and oxygen atoms in total. The normalized spacial score (nSPS) is 21.9. The van der Waals surface area contributed by atoms with Crippen molar-refractivity contribution in [3.8, 4) is 5.75 Å². The SMILES string of the molecule is COC(=O)C(C)(C)NP(=O)(OC[C@H]1O[C@@H](n2cc(/C=C/Br)c(=O)[nH]c2=O)CC1O)Oc1ccccc1. The van der Waals surface area contributed by atoms with E-state index in [4.69, 9.17) is 18.5 Å². The summed E-state index contributed by atoms with van der Waals surface area (Å²) < 4.78 is 36.5. The van der Waals surface area contributed by atoms with Crippen LogP contribution in [0.1, 0.15) is 32.1 Å². The van der Waals surface area contributed by atoms with Crippen LogP contribution in [0.4, 0.5) is 0 Å². The molecule has 1 aliphatic rings. The first-order chi connectivity index (χ1) is 17.0. The molecule has 1 aromatic carbocycles. The van der Waals surface area contributed by atoms with Crippen LogP contribution in [0.15, 0.2) is 51.1 Å². The van der Waals surface area contributed by atoms with E-state index in [1.54, 1.807) is 30.3 Å². The third-order valence-corrected chi connectivity index (χ3v) is 7.28. The zero-order valence-corrected chi connectivity index (χ0v) is 22.2. The molecule has 1 saturated heterocycles. The third kappa shape index (κ3) is 6.81. The van der Waals surface area contributed by atoms with Crippen LogP contribution in [0.3, 0.4) is 0 Å². The van der Waals surface area contributed by atoms with Crippen molar-refractivity contribution in [1.29, 1.82) is 0 Å². The number of hydrogen-bond acceptors (Lipinski definition) is 9. The predicted molar refractivity (Wildman–Crippen MR) is 134 cm³/mol. The Morgan fingerprint density at radius 3 is 2.69 bits per heavy atom. The molecule has 0 saturated carbocycles. The van der Waals surface area contributed by atoms with Gasteiger partial charge >= 0.3 is 19.4 Å². The summed E-state index contributed by atoms with van der Waals surface area (Å²) in [5, 5.41) is 13.1. The Labute approximate surface area is 214 Å². The second-order valence-corrected chi connectivity index (χ2v) is 10.6. The number of aromatic amines is 1. The first-order valence-corrected chi connectivity index (χ1v) is 13.3. The van der Waals surface area contributed by atoms with E-state index in [0.29, 0.717) is 0 Å². The number of esters is 1. The van der Waals surface area contributed by atoms with Gasteiger partial charge in [0.15, 0.2) is 0 Å². The number of benzene rings is 1. The number of carbonyl (C=O) groups excluding carboxylic acids is 1. The van der Waals surface area contributed by atoms with Gasteiger partial charge in [0, 0.05) is 12.6 Å². The third-order valence-electron chi connectivity index (χ3n) is 5.24. The minimum Gasteiger partial charge on any atom is -0.468 e. The van der Waals surface area contributed by atoms with Gasteiger partial charge in [0.1, 0.15) is 23.6 Å². The summed E-state index contributed by atoms with van der Waals surface area (Å²) in [6, 6.07) is 8.19. The van der Waals surface area contributed by atoms with Crippen molar-refractivity contribution in [2.45, 2.75) is 44.2 Å². The van der Waals surface area contributed by atoms with E-state index in [0.717, 1.165) is 4.57 Å². The average Bonchev–Trinajstić information content (AvgIpc) is 3.19. The van der Waals surface area contributed by atoms with E-state index in [9.17, 15) is 24.1 Å². The lowest BCUT2D eigenvalue weighted by atomic mass is 10.1. The maximum absolute atomic E-state index is 13.6. The summed E-state index contributed by atoms with van der Waals surface area (Å²) in [6.45, 7) is 2.49. The molecule has 2 aromatic rings. The summed E-state index contributed by atoms with van der Waals surface area (Å²) in [6.07, 6.45) is -0.254. The van der Waals surface area contributed by atoms with Gasteiger partial charge in [-0.25, -0.2) is 9.36 Å². The number of nitrogens with one attached hydrogen (secondary N) is 2. The van der Waals surface area contributed by atoms with Crippen molar-refractivity contribution < 1.29 is 33.0 Å². The molecule has 36 heavy (non-hydrogen) atoms. The fraction of sp³-hybridized carbons (Fsp3) is 0.409. The van der Waals surface area contributed by atoms with E-state index in [2.05, 4.69) is 26.0 Å². The van der Waals surface area contributed by atoms with E-state index < -0.39 is 55.5 Å². The zero-order chi connectivity index (χ0) is 26.5. The number of H-pyrrole nitrogens is 1. The largest absolute Gasteiger partial charge is 0.468 e. The molecule has 0 radical (unpaired) electrons. The van der Waals surface area contributed by atoms with Gasteiger partial charge in [-0.3, -0.25) is 23.7 Å². The fourth-order valence-corrected chi connectivity index (χ4v) is 5.42. The Hall–Kier alpha value is -2.54. The quantitative estimate of drug-likeness (QED) is 0.278. The number of hydrogen-bond donors (Lipinski definition) is 3. The van der Waals surface area contributed by atoms with E-state index in [1.807, 2.05) is 0 Å². The summed E-state index contributed by atoms with van der Waals surface area (Å²) in [7, 11) is -3.01. The summed E-state index contributed by atoms with van der Waals surface area (Å²) in [5.74, 6) is -0.488. The first kappa shape index (κ1) is 28.0. The molecule has 14 heteroatoms. The molecule has 0 aliphatic carbocycles. The molecule has 2 heterocycles. The maximum Gasteiger partial charge on any atom is 0.459 e. The fourth-order valence-electron chi connectivity index (χ4n) is 3.45. The van der Waals surface area contributed by atoms with Gasteiger partial charge in [0.2, 0.25) is 0 Å². The van der Waals surface area contributed by atoms with Crippen LogP contribution in [-0.4, -0.2) is 52.1 Å². The number of nitrogens with zero attached hydrogens (tertiary/aromatic N) is 1. The van der Waals surface area contributed by atoms with Gasteiger partial charge < -0.3 is 19.1 Å². The lowest BCUT2D eigenvalue weighted by Gasteiger charge is -2.29. The highest BCUT2D eigenvalue weighted by Gasteiger charge is 2.42. The van der Waals surface area contributed by atoms with Crippen molar-refractivity contribution in [1.82, 2.24) is 14.6 Å². The molecule has 4 atom stereocenters. The number of aliphatic hydroxyl groups excluding tert-OH is 1. The minimum atomic E-state index is -4.21. The second kappa shape index (κ2) is 11.7. The molecule has 1 aliphatic heterocycles. The molecular weight excluding hydrogens is 561 g/mol. The summed E-state index contributed by atoms with van der Waals surface area (Å²) in [4.78, 5) is 40.1. The van der Waals surface area contributed by atoms with Crippen molar-refractivity contribution in [2.24, 2.45) is 0 Å². The molecule has 0 spiro atoms. The smallest absolute Gasteiger partial charge is 0.459 e. The summed E-state index contributed by atoms with van der Waals surface area (Å²) in [5.41, 5.74) is -2.55. The molecule has 1 aromatic heterocycles. The lowest BCUT2D eigenvalue weighted by molar-refractivity contribution is -0.146. The van der Waals surface area contributed by atoms with Gasteiger partial charge in [-0.15, -0.1) is 0 Å². The Morgan fingerprint density at radius 2 is 2.06 bits per heavy atom. The van der Waals surface area contributed by atoms with E-state index in [1.165, 1.54) is 38.2 Å². The number of methoxy groups -OCH3 is 1. The van der Waals surface area contributed by atoms with Crippen LogP contribution in [0, 0.1) is 0 Å². The van der Waals surface area contributed by atoms with Gasteiger partial charge in [-0.05, 0) is 37.0 Å². The van der Waals surface area contributed by atoms with Gasteiger partial charge in [-0.2, -0.15) is 5.09 Å². The second-order valence-electron chi connectivity index (χ2n) is 8.40. The molecule has 1 fully saturated rings. The summed E-state index contributed by atoms with van der Waals surface area (Å²) >= 11 is 3.08. The number of para-hydroxylation sites is 1. The zero-order valence-electron chi connectivity index (χ0n) is 19.8. The molecule has 3 N–H and O–H groups in total. The van der Waals surface area contributed by atoms with Crippen molar-refractivity contribution >= 4 is 35.7 Å². The van der Waals surface area contributed by atoms with Crippen LogP contribution >= 0.6 is 23.7 Å². The monoisotopic (exact) mass is 587 g/mol. The Balaban J connectivity index is 1.79. The van der Waals surface area contributed by atoms with Crippen LogP contribution in [0.25, 0.3) is 6.08 Å². The number of aliphatic hydroxyl groups is 1. The topological polar surface area (TPSA) is 158 Å². The first-order valence-electron chi connectivity index (χ1n) is 10.8. The molecule has 0 bridgehead atoms. The van der Waals surface area contributed by atoms with E-state index >= 15 is 0 Å². The molecule has 3 rings (SSSR count). The maximum atomic E-state index is 13.6. The highest BCUT2D eigenvalue weighted by Crippen LogP contribution is 2.47. The standard InChI is InChI=1S/C22H27BrN3O9P/c1-22(2,20(29)32-3)25-36(31,35-15-7-5-4-6-8-15)33-13-17-16(27)11-18(34-17)26-12-14(9-10-23)19(28)24-21(26)30/h4-10,12,16-18,27H,11,13H2,1-3H3,(H,25,31)(H,24,28,30)/b10-9+/t16?,17-,18-,36?/m1/s1. The number of aromatic nitrogens is 2. The molecule has 196 valence electrons. The van der Waals surface area contributed by atoms with Crippen LogP contribution in [-0.2, 0) is 23.4 Å². The van der Waals surface area contributed by atoms with E-state index in [-0.39, 0.29) is 17.7 Å². The molecule has 0 amide bonds. The Kier molecular flexibility index (Phi) is 9.09. The minimum absolute atomic E-state index is 0.00235. The molecular formula is C22H27BrN3O9P. The van der Waals surface area contributed by atoms with Gasteiger partial charge in [-0.1, -0.05) is 34.1 Å². The highest BCUT2D eigenvalue weighted by molar-refractivity contribution is 9.11. The van der Waals surface area contributed by atoms with Gasteiger partial charge in [0.25, 0.3) is 5.56 Å². The highest BCUT2D eigenvalue weighted by atomic mass is 79.9. The van der Waals surface area contributed by atoms with Crippen LogP contribution in [0.2, 0.25) is 0 Å². The van der Waals surface area contributed by atoms with Crippen molar-refractivity contribution in [3.05, 3.63) is 67.9 Å². The number of ether oxygens (including phenoxy) is 2.